The van der Waals surface area contributed by atoms with Gasteiger partial charge in [-0.05, 0) is 23.8 Å². The third kappa shape index (κ3) is 2.67. The minimum absolute atomic E-state index is 0.0966. The average Bonchev–Trinajstić information content (AvgIpc) is 2.39. The van der Waals surface area contributed by atoms with E-state index in [1.54, 1.807) is 24.3 Å². The van der Waals surface area contributed by atoms with E-state index in [9.17, 15) is 4.79 Å². The molecule has 2 aromatic heterocycles. The number of carbonyl (C=O) groups excluding carboxylic acids is 1. The summed E-state index contributed by atoms with van der Waals surface area (Å²) in [5.41, 5.74) is 1.24. The van der Waals surface area contributed by atoms with Gasteiger partial charge in [-0.15, -0.1) is 0 Å². The summed E-state index contributed by atoms with van der Waals surface area (Å²) in [5, 5.41) is 9.34. The molecule has 0 unspecified atom stereocenters. The molecular formula is C12H9ClN2O2. The number of hydrogen-bond donors (Lipinski definition) is 1. The van der Waals surface area contributed by atoms with Crippen LogP contribution >= 0.6 is 11.6 Å². The van der Waals surface area contributed by atoms with Crippen LogP contribution in [0.2, 0.25) is 5.02 Å². The second-order valence-electron chi connectivity index (χ2n) is 3.40. The summed E-state index contributed by atoms with van der Waals surface area (Å²) < 4.78 is 0. The van der Waals surface area contributed by atoms with E-state index >= 15 is 0 Å². The van der Waals surface area contributed by atoms with Crippen LogP contribution in [0.15, 0.2) is 36.7 Å². The Balaban J connectivity index is 2.27. The van der Waals surface area contributed by atoms with Gasteiger partial charge in [0.15, 0.2) is 0 Å². The molecule has 0 bridgehead atoms. The topological polar surface area (TPSA) is 63.1 Å². The van der Waals surface area contributed by atoms with E-state index in [0.29, 0.717) is 16.3 Å². The molecule has 2 rings (SSSR count). The highest BCUT2D eigenvalue weighted by Gasteiger charge is 2.11. The Morgan fingerprint density at radius 2 is 1.76 bits per heavy atom. The minimum atomic E-state index is -0.272. The highest BCUT2D eigenvalue weighted by molar-refractivity contribution is 6.30. The lowest BCUT2D eigenvalue weighted by Gasteiger charge is -2.00. The number of aliphatic hydroxyl groups is 1. The molecule has 0 saturated heterocycles. The molecule has 4 nitrogen and oxygen atoms in total. The Bertz CT molecular complexity index is 523. The van der Waals surface area contributed by atoms with Gasteiger partial charge in [0.1, 0.15) is 11.4 Å². The van der Waals surface area contributed by atoms with Crippen LogP contribution in [0.4, 0.5) is 0 Å². The van der Waals surface area contributed by atoms with Gasteiger partial charge in [0, 0.05) is 12.4 Å². The fourth-order valence-corrected chi connectivity index (χ4v) is 1.41. The first-order valence-corrected chi connectivity index (χ1v) is 5.30. The van der Waals surface area contributed by atoms with Crippen molar-refractivity contribution in [2.24, 2.45) is 0 Å². The Morgan fingerprint density at radius 1 is 1.12 bits per heavy atom. The summed E-state index contributed by atoms with van der Waals surface area (Å²) in [6.07, 6.45) is 2.88. The van der Waals surface area contributed by atoms with E-state index in [1.165, 1.54) is 12.4 Å². The lowest BCUT2D eigenvalue weighted by molar-refractivity contribution is 0.102. The highest BCUT2D eigenvalue weighted by Crippen LogP contribution is 2.10. The summed E-state index contributed by atoms with van der Waals surface area (Å²) in [6, 6.07) is 6.36. The molecule has 0 aliphatic rings. The molecule has 0 fully saturated rings. The highest BCUT2D eigenvalue weighted by atomic mass is 35.5. The molecule has 0 spiro atoms. The molecule has 0 radical (unpaired) electrons. The number of aliphatic hydroxyl groups excluding tert-OH is 1. The molecule has 17 heavy (non-hydrogen) atoms. The predicted molar refractivity (Wildman–Crippen MR) is 62.8 cm³/mol. The molecule has 0 atom stereocenters. The van der Waals surface area contributed by atoms with Crippen LogP contribution < -0.4 is 0 Å². The van der Waals surface area contributed by atoms with Crippen molar-refractivity contribution in [2.45, 2.75) is 6.61 Å². The molecule has 0 aliphatic carbocycles. The maximum Gasteiger partial charge on any atom is 0.229 e. The molecule has 1 N–H and O–H groups in total. The maximum absolute atomic E-state index is 11.9. The monoisotopic (exact) mass is 248 g/mol. The van der Waals surface area contributed by atoms with Crippen molar-refractivity contribution < 1.29 is 9.90 Å². The quantitative estimate of drug-likeness (QED) is 0.842. The second-order valence-corrected chi connectivity index (χ2v) is 3.84. The van der Waals surface area contributed by atoms with Gasteiger partial charge in [-0.25, -0.2) is 0 Å². The van der Waals surface area contributed by atoms with Crippen molar-refractivity contribution in [2.75, 3.05) is 0 Å². The van der Waals surface area contributed by atoms with E-state index in [4.69, 9.17) is 16.7 Å². The van der Waals surface area contributed by atoms with Gasteiger partial charge >= 0.3 is 0 Å². The first kappa shape index (κ1) is 11.7. The third-order valence-corrected chi connectivity index (χ3v) is 2.42. The van der Waals surface area contributed by atoms with Crippen LogP contribution in [0.5, 0.6) is 0 Å². The molecule has 2 heterocycles. The van der Waals surface area contributed by atoms with E-state index in [2.05, 4.69) is 9.97 Å². The van der Waals surface area contributed by atoms with E-state index in [0.717, 1.165) is 0 Å². The van der Waals surface area contributed by atoms with Gasteiger partial charge in [-0.1, -0.05) is 17.7 Å². The zero-order chi connectivity index (χ0) is 12.3. The van der Waals surface area contributed by atoms with Crippen LogP contribution in [-0.2, 0) is 6.61 Å². The summed E-state index contributed by atoms with van der Waals surface area (Å²) in [7, 11) is 0. The number of nitrogens with zero attached hydrogens (tertiary/aromatic N) is 2. The van der Waals surface area contributed by atoms with Crippen molar-refractivity contribution in [3.63, 3.8) is 0 Å². The Kier molecular flexibility index (Phi) is 3.46. The number of halogens is 1. The van der Waals surface area contributed by atoms with Crippen LogP contribution in [-0.4, -0.2) is 20.9 Å². The smallest absolute Gasteiger partial charge is 0.229 e. The SMILES string of the molecule is O=C(c1ccc(Cl)cn1)c1ccc(CO)cn1. The fraction of sp³-hybridized carbons (Fsp3) is 0.0833. The van der Waals surface area contributed by atoms with Gasteiger partial charge < -0.3 is 5.11 Å². The summed E-state index contributed by atoms with van der Waals surface area (Å²) in [5.74, 6) is -0.272. The minimum Gasteiger partial charge on any atom is -0.392 e. The van der Waals surface area contributed by atoms with Crippen molar-refractivity contribution in [1.82, 2.24) is 9.97 Å². The van der Waals surface area contributed by atoms with Crippen LogP contribution in [0, 0.1) is 0 Å². The van der Waals surface area contributed by atoms with Crippen LogP contribution in [0.1, 0.15) is 21.7 Å². The van der Waals surface area contributed by atoms with Gasteiger partial charge in [-0.2, -0.15) is 0 Å². The predicted octanol–water partition coefficient (Wildman–Crippen LogP) is 1.85. The number of ketones is 1. The first-order chi connectivity index (χ1) is 8.20. The first-order valence-electron chi connectivity index (χ1n) is 4.93. The molecule has 0 aliphatic heterocycles. The van der Waals surface area contributed by atoms with Gasteiger partial charge in [-0.3, -0.25) is 14.8 Å². The van der Waals surface area contributed by atoms with E-state index < -0.39 is 0 Å². The number of hydrogen-bond acceptors (Lipinski definition) is 4. The lowest BCUT2D eigenvalue weighted by Crippen LogP contribution is -2.06. The molecule has 5 heteroatoms. The van der Waals surface area contributed by atoms with Crippen LogP contribution in [0.3, 0.4) is 0 Å². The normalized spacial score (nSPS) is 10.2. The number of carbonyl (C=O) groups is 1. The summed E-state index contributed by atoms with van der Waals surface area (Å²) in [4.78, 5) is 19.8. The van der Waals surface area contributed by atoms with Gasteiger partial charge in [0.25, 0.3) is 0 Å². The number of pyridine rings is 2. The molecular weight excluding hydrogens is 240 g/mol. The summed E-state index contributed by atoms with van der Waals surface area (Å²) >= 11 is 5.68. The lowest BCUT2D eigenvalue weighted by atomic mass is 10.1. The maximum atomic E-state index is 11.9. The van der Waals surface area contributed by atoms with Gasteiger partial charge in [0.05, 0.1) is 11.6 Å². The Labute approximate surface area is 103 Å². The standard InChI is InChI=1S/C12H9ClN2O2/c13-9-2-4-11(15-6-9)12(17)10-3-1-8(7-16)5-14-10/h1-6,16H,7H2. The van der Waals surface area contributed by atoms with Crippen LogP contribution in [0.25, 0.3) is 0 Å². The van der Waals surface area contributed by atoms with E-state index in [1.807, 2.05) is 0 Å². The Hall–Kier alpha value is -1.78. The second kappa shape index (κ2) is 5.03. The Morgan fingerprint density at radius 3 is 2.24 bits per heavy atom. The molecule has 0 aromatic carbocycles. The summed E-state index contributed by atoms with van der Waals surface area (Å²) in [6.45, 7) is -0.0966. The molecule has 0 saturated carbocycles. The average molecular weight is 249 g/mol. The third-order valence-electron chi connectivity index (χ3n) is 2.20. The fourth-order valence-electron chi connectivity index (χ4n) is 1.29. The molecule has 0 amide bonds. The number of aromatic nitrogens is 2. The van der Waals surface area contributed by atoms with Crippen molar-refractivity contribution in [3.8, 4) is 0 Å². The zero-order valence-electron chi connectivity index (χ0n) is 8.80. The van der Waals surface area contributed by atoms with Crippen molar-refractivity contribution >= 4 is 17.4 Å². The van der Waals surface area contributed by atoms with E-state index in [-0.39, 0.29) is 18.1 Å². The van der Waals surface area contributed by atoms with Gasteiger partial charge in [0.2, 0.25) is 5.78 Å². The van der Waals surface area contributed by atoms with Crippen molar-refractivity contribution in [3.05, 3.63) is 58.6 Å². The number of rotatable bonds is 3. The van der Waals surface area contributed by atoms with Crippen molar-refractivity contribution in [1.29, 1.82) is 0 Å². The largest absolute Gasteiger partial charge is 0.392 e. The molecule has 86 valence electrons. The molecule has 2 aromatic rings. The zero-order valence-corrected chi connectivity index (χ0v) is 9.55.